The molecule has 0 aliphatic carbocycles. The normalized spacial score (nSPS) is 13.8. The Bertz CT molecular complexity index is 776. The Balaban J connectivity index is 2.79. The summed E-state index contributed by atoms with van der Waals surface area (Å²) in [4.78, 5) is 24.3. The molecule has 2 N–H and O–H groups in total. The molecular formula is C20H32N2O7S. The van der Waals surface area contributed by atoms with Crippen LogP contribution in [0.25, 0.3) is 0 Å². The first kappa shape index (κ1) is 25.7. The van der Waals surface area contributed by atoms with Gasteiger partial charge in [0.1, 0.15) is 12.2 Å². The van der Waals surface area contributed by atoms with Crippen LogP contribution in [0.5, 0.6) is 0 Å². The fourth-order valence-electron chi connectivity index (χ4n) is 2.53. The SMILES string of the molecule is CCC[C@@H](OS(C)(=O)=O)[C@@H](CNC(=O)OCc1ccccc1)NC(=O)OC(C)(C)C. The van der Waals surface area contributed by atoms with Crippen LogP contribution in [0, 0.1) is 0 Å². The Morgan fingerprint density at radius 2 is 1.73 bits per heavy atom. The van der Waals surface area contributed by atoms with Crippen LogP contribution in [0.3, 0.4) is 0 Å². The summed E-state index contributed by atoms with van der Waals surface area (Å²) in [5.74, 6) is 0. The number of hydrogen-bond acceptors (Lipinski definition) is 7. The Morgan fingerprint density at radius 3 is 2.27 bits per heavy atom. The van der Waals surface area contributed by atoms with Crippen LogP contribution in [-0.2, 0) is 30.4 Å². The van der Waals surface area contributed by atoms with Gasteiger partial charge in [0.05, 0.1) is 18.4 Å². The van der Waals surface area contributed by atoms with Crippen LogP contribution < -0.4 is 10.6 Å². The molecule has 0 bridgehead atoms. The second kappa shape index (κ2) is 11.8. The molecule has 170 valence electrons. The van der Waals surface area contributed by atoms with Gasteiger partial charge in [-0.1, -0.05) is 43.7 Å². The van der Waals surface area contributed by atoms with Crippen molar-refractivity contribution < 1.29 is 31.7 Å². The second-order valence-corrected chi connectivity index (χ2v) is 9.42. The zero-order valence-electron chi connectivity index (χ0n) is 18.1. The standard InChI is InChI=1S/C20H32N2O7S/c1-6-10-17(29-30(5,25)26)16(22-19(24)28-20(2,3)4)13-21-18(23)27-14-15-11-8-7-9-12-15/h7-9,11-12,16-17H,6,10,13-14H2,1-5H3,(H,21,23)(H,22,24)/t16-,17-/m1/s1. The molecule has 0 aliphatic rings. The molecule has 9 nitrogen and oxygen atoms in total. The van der Waals surface area contributed by atoms with Crippen LogP contribution >= 0.6 is 0 Å². The molecule has 30 heavy (non-hydrogen) atoms. The van der Waals surface area contributed by atoms with Crippen molar-refractivity contribution in [2.45, 2.75) is 64.9 Å². The fourth-order valence-corrected chi connectivity index (χ4v) is 3.21. The molecule has 1 rings (SSSR count). The Labute approximate surface area is 178 Å². The predicted molar refractivity (Wildman–Crippen MR) is 112 cm³/mol. The van der Waals surface area contributed by atoms with E-state index in [-0.39, 0.29) is 13.2 Å². The van der Waals surface area contributed by atoms with Crippen molar-refractivity contribution in [2.24, 2.45) is 0 Å². The summed E-state index contributed by atoms with van der Waals surface area (Å²) >= 11 is 0. The van der Waals surface area contributed by atoms with Gasteiger partial charge >= 0.3 is 12.2 Å². The third-order valence-corrected chi connectivity index (χ3v) is 4.30. The van der Waals surface area contributed by atoms with Crippen molar-refractivity contribution in [3.63, 3.8) is 0 Å². The highest BCUT2D eigenvalue weighted by Gasteiger charge is 2.29. The van der Waals surface area contributed by atoms with Crippen LogP contribution in [0.4, 0.5) is 9.59 Å². The van der Waals surface area contributed by atoms with Crippen molar-refractivity contribution >= 4 is 22.3 Å². The maximum Gasteiger partial charge on any atom is 0.408 e. The minimum atomic E-state index is -3.78. The predicted octanol–water partition coefficient (Wildman–Crippen LogP) is 2.95. The highest BCUT2D eigenvalue weighted by molar-refractivity contribution is 7.86. The number of rotatable bonds is 10. The molecular weight excluding hydrogens is 412 g/mol. The van der Waals surface area contributed by atoms with Crippen molar-refractivity contribution in [1.29, 1.82) is 0 Å². The van der Waals surface area contributed by atoms with Crippen LogP contribution in [0.2, 0.25) is 0 Å². The summed E-state index contributed by atoms with van der Waals surface area (Å²) in [6.07, 6.45) is -0.456. The van der Waals surface area contributed by atoms with Crippen LogP contribution in [0.15, 0.2) is 30.3 Å². The largest absolute Gasteiger partial charge is 0.445 e. The maximum atomic E-state index is 12.2. The molecule has 0 radical (unpaired) electrons. The quantitative estimate of drug-likeness (QED) is 0.532. The number of hydrogen-bond donors (Lipinski definition) is 2. The summed E-state index contributed by atoms with van der Waals surface area (Å²) in [5, 5.41) is 5.13. The topological polar surface area (TPSA) is 120 Å². The van der Waals surface area contributed by atoms with Gasteiger partial charge in [-0.25, -0.2) is 9.59 Å². The number of ether oxygens (including phenoxy) is 2. The van der Waals surface area contributed by atoms with E-state index in [1.165, 1.54) is 0 Å². The van der Waals surface area contributed by atoms with E-state index in [2.05, 4.69) is 10.6 Å². The summed E-state index contributed by atoms with van der Waals surface area (Å²) < 4.78 is 38.8. The summed E-state index contributed by atoms with van der Waals surface area (Å²) in [6.45, 7) is 6.94. The summed E-state index contributed by atoms with van der Waals surface area (Å²) in [7, 11) is -3.78. The fraction of sp³-hybridized carbons (Fsp3) is 0.600. The Hall–Kier alpha value is -2.33. The smallest absolute Gasteiger partial charge is 0.408 e. The lowest BCUT2D eigenvalue weighted by Gasteiger charge is -2.28. The van der Waals surface area contributed by atoms with Crippen molar-refractivity contribution in [1.82, 2.24) is 10.6 Å². The van der Waals surface area contributed by atoms with Gasteiger partial charge in [0.2, 0.25) is 0 Å². The molecule has 0 aliphatic heterocycles. The molecule has 0 spiro atoms. The van der Waals surface area contributed by atoms with E-state index in [1.807, 2.05) is 37.3 Å². The lowest BCUT2D eigenvalue weighted by atomic mass is 10.1. The number of benzene rings is 1. The maximum absolute atomic E-state index is 12.2. The van der Waals surface area contributed by atoms with Crippen LogP contribution in [-0.4, -0.2) is 51.2 Å². The van der Waals surface area contributed by atoms with E-state index in [9.17, 15) is 18.0 Å². The molecule has 2 atom stereocenters. The number of nitrogens with one attached hydrogen (secondary N) is 2. The van der Waals surface area contributed by atoms with Gasteiger partial charge in [0.15, 0.2) is 0 Å². The minimum absolute atomic E-state index is 0.0784. The zero-order chi connectivity index (χ0) is 22.8. The highest BCUT2D eigenvalue weighted by Crippen LogP contribution is 2.13. The zero-order valence-corrected chi connectivity index (χ0v) is 19.0. The van der Waals surface area contributed by atoms with Crippen molar-refractivity contribution in [3.05, 3.63) is 35.9 Å². The summed E-state index contributed by atoms with van der Waals surface area (Å²) in [6, 6.07) is 8.30. The van der Waals surface area contributed by atoms with Gasteiger partial charge < -0.3 is 20.1 Å². The van der Waals surface area contributed by atoms with Gasteiger partial charge in [-0.05, 0) is 32.8 Å². The Morgan fingerprint density at radius 1 is 1.10 bits per heavy atom. The first-order chi connectivity index (χ1) is 13.9. The first-order valence-corrected chi connectivity index (χ1v) is 11.5. The van der Waals surface area contributed by atoms with E-state index in [1.54, 1.807) is 20.8 Å². The molecule has 0 saturated heterocycles. The third-order valence-electron chi connectivity index (χ3n) is 3.70. The molecule has 1 aromatic rings. The van der Waals surface area contributed by atoms with Gasteiger partial charge in [0, 0.05) is 6.54 Å². The summed E-state index contributed by atoms with van der Waals surface area (Å²) in [5.41, 5.74) is 0.0783. The molecule has 0 aromatic heterocycles. The van der Waals surface area contributed by atoms with Gasteiger partial charge in [0.25, 0.3) is 10.1 Å². The molecule has 10 heteroatoms. The average molecular weight is 445 g/mol. The number of amides is 2. The van der Waals surface area contributed by atoms with E-state index < -0.39 is 40.1 Å². The lowest BCUT2D eigenvalue weighted by Crippen LogP contribution is -2.52. The third kappa shape index (κ3) is 11.6. The number of carbonyl (C=O) groups excluding carboxylic acids is 2. The van der Waals surface area contributed by atoms with Gasteiger partial charge in [-0.2, -0.15) is 8.42 Å². The van der Waals surface area contributed by atoms with Gasteiger partial charge in [-0.3, -0.25) is 4.18 Å². The monoisotopic (exact) mass is 444 g/mol. The molecule has 2 amide bonds. The molecule has 0 saturated carbocycles. The Kier molecular flexibility index (Phi) is 10.1. The first-order valence-electron chi connectivity index (χ1n) is 9.72. The lowest BCUT2D eigenvalue weighted by molar-refractivity contribution is 0.0438. The molecule has 0 heterocycles. The minimum Gasteiger partial charge on any atom is -0.445 e. The molecule has 0 unspecified atom stereocenters. The van der Waals surface area contributed by atoms with Gasteiger partial charge in [-0.15, -0.1) is 0 Å². The van der Waals surface area contributed by atoms with E-state index >= 15 is 0 Å². The number of carbonyl (C=O) groups is 2. The van der Waals surface area contributed by atoms with Crippen molar-refractivity contribution in [2.75, 3.05) is 12.8 Å². The second-order valence-electron chi connectivity index (χ2n) is 7.82. The molecule has 0 fully saturated rings. The molecule has 1 aromatic carbocycles. The van der Waals surface area contributed by atoms with Crippen LogP contribution in [0.1, 0.15) is 46.1 Å². The highest BCUT2D eigenvalue weighted by atomic mass is 32.2. The average Bonchev–Trinajstić information content (AvgIpc) is 2.61. The van der Waals surface area contributed by atoms with E-state index in [0.717, 1.165) is 11.8 Å². The van der Waals surface area contributed by atoms with Crippen molar-refractivity contribution in [3.8, 4) is 0 Å². The van der Waals surface area contributed by atoms with E-state index in [0.29, 0.717) is 12.8 Å². The van der Waals surface area contributed by atoms with E-state index in [4.69, 9.17) is 13.7 Å². The number of alkyl carbamates (subject to hydrolysis) is 2.